The molecule has 0 spiro atoms. The quantitative estimate of drug-likeness (QED) is 0.374. The molecule has 3 aromatic rings. The van der Waals surface area contributed by atoms with E-state index in [9.17, 15) is 9.50 Å². The van der Waals surface area contributed by atoms with Crippen LogP contribution in [-0.4, -0.2) is 17.4 Å². The lowest BCUT2D eigenvalue weighted by Gasteiger charge is -2.31. The Hall–Kier alpha value is -2.22. The maximum atomic E-state index is 13.8. The van der Waals surface area contributed by atoms with Crippen LogP contribution >= 0.6 is 31.9 Å². The van der Waals surface area contributed by atoms with E-state index < -0.39 is 6.17 Å². The molecule has 0 radical (unpaired) electrons. The van der Waals surface area contributed by atoms with E-state index in [0.717, 1.165) is 32.6 Å². The smallest absolute Gasteiger partial charge is 0.137 e. The first kappa shape index (κ1) is 22.0. The summed E-state index contributed by atoms with van der Waals surface area (Å²) in [6.07, 6.45) is 0.201. The molecule has 1 aliphatic rings. The van der Waals surface area contributed by atoms with Crippen molar-refractivity contribution in [3.05, 3.63) is 92.1 Å². The number of hydrogen-bond acceptors (Lipinski definition) is 4. The number of nitrogens with zero attached hydrogens (tertiary/aromatic N) is 1. The highest BCUT2D eigenvalue weighted by Gasteiger charge is 2.28. The van der Waals surface area contributed by atoms with Gasteiger partial charge in [-0.3, -0.25) is 10.3 Å². The minimum absolute atomic E-state index is 0.176. The fourth-order valence-electron chi connectivity index (χ4n) is 3.65. The van der Waals surface area contributed by atoms with Crippen molar-refractivity contribution >= 4 is 37.6 Å². The number of phenolic OH excluding ortho intramolecular Hbond substituents is 1. The highest BCUT2D eigenvalue weighted by atomic mass is 79.9. The Morgan fingerprint density at radius 2 is 1.87 bits per heavy atom. The lowest BCUT2D eigenvalue weighted by molar-refractivity contribution is 0.340. The molecular formula is C24H21Br2FN2O2. The van der Waals surface area contributed by atoms with E-state index in [0.29, 0.717) is 17.5 Å². The van der Waals surface area contributed by atoms with Gasteiger partial charge >= 0.3 is 0 Å². The number of nitrogens with one attached hydrogen (secondary N) is 1. The zero-order chi connectivity index (χ0) is 22.0. The molecule has 0 bridgehead atoms. The number of aliphatic imine (C=N–C) groups is 1. The van der Waals surface area contributed by atoms with Crippen molar-refractivity contribution in [1.82, 2.24) is 5.32 Å². The fourth-order valence-corrected chi connectivity index (χ4v) is 4.42. The van der Waals surface area contributed by atoms with E-state index in [4.69, 9.17) is 9.73 Å². The van der Waals surface area contributed by atoms with Crippen molar-refractivity contribution in [3.63, 3.8) is 0 Å². The molecule has 4 rings (SSSR count). The van der Waals surface area contributed by atoms with E-state index in [-0.39, 0.29) is 17.6 Å². The van der Waals surface area contributed by atoms with Gasteiger partial charge in [-0.15, -0.1) is 0 Å². The third kappa shape index (κ3) is 5.00. The Balaban J connectivity index is 1.74. The van der Waals surface area contributed by atoms with Gasteiger partial charge in [-0.1, -0.05) is 22.0 Å². The predicted molar refractivity (Wildman–Crippen MR) is 127 cm³/mol. The molecule has 0 saturated carbocycles. The molecule has 0 aromatic heterocycles. The summed E-state index contributed by atoms with van der Waals surface area (Å²) < 4.78 is 20.6. The van der Waals surface area contributed by atoms with E-state index >= 15 is 0 Å². The third-order valence-electron chi connectivity index (χ3n) is 5.16. The van der Waals surface area contributed by atoms with Crippen molar-refractivity contribution in [1.29, 1.82) is 0 Å². The minimum Gasteiger partial charge on any atom is -0.508 e. The van der Waals surface area contributed by atoms with Crippen LogP contribution in [-0.2, 0) is 0 Å². The topological polar surface area (TPSA) is 53.8 Å². The Kier molecular flexibility index (Phi) is 6.74. The van der Waals surface area contributed by atoms with Gasteiger partial charge in [0.2, 0.25) is 0 Å². The summed E-state index contributed by atoms with van der Waals surface area (Å²) >= 11 is 6.76. The Labute approximate surface area is 197 Å². The summed E-state index contributed by atoms with van der Waals surface area (Å²) in [6, 6.07) is 17.9. The zero-order valence-corrected chi connectivity index (χ0v) is 20.0. The van der Waals surface area contributed by atoms with Gasteiger partial charge < -0.3 is 9.84 Å². The molecule has 160 valence electrons. The number of phenols is 1. The van der Waals surface area contributed by atoms with Gasteiger partial charge in [0.1, 0.15) is 23.5 Å². The lowest BCUT2D eigenvalue weighted by Crippen LogP contribution is -2.33. The lowest BCUT2D eigenvalue weighted by atomic mass is 9.93. The average Bonchev–Trinajstić information content (AvgIpc) is 2.78. The molecule has 2 N–H and O–H groups in total. The summed E-state index contributed by atoms with van der Waals surface area (Å²) in [7, 11) is 0. The number of ether oxygens (including phenoxy) is 1. The number of benzene rings is 3. The normalized spacial score (nSPS) is 18.5. The second kappa shape index (κ2) is 9.51. The first-order valence-electron chi connectivity index (χ1n) is 9.94. The van der Waals surface area contributed by atoms with Gasteiger partial charge in [0.25, 0.3) is 0 Å². The number of halogens is 3. The number of hydrogen-bond donors (Lipinski definition) is 2. The fraction of sp³-hybridized carbons (Fsp3) is 0.208. The highest BCUT2D eigenvalue weighted by Crippen LogP contribution is 2.36. The molecular weight excluding hydrogens is 527 g/mol. The maximum absolute atomic E-state index is 13.8. The van der Waals surface area contributed by atoms with Crippen molar-refractivity contribution in [2.45, 2.75) is 25.6 Å². The van der Waals surface area contributed by atoms with Crippen LogP contribution in [0.3, 0.4) is 0 Å². The first-order valence-corrected chi connectivity index (χ1v) is 11.5. The Morgan fingerprint density at radius 1 is 1.10 bits per heavy atom. The van der Waals surface area contributed by atoms with Crippen LogP contribution in [0.15, 0.2) is 74.6 Å². The van der Waals surface area contributed by atoms with Crippen LogP contribution in [0.5, 0.6) is 11.5 Å². The molecule has 7 heteroatoms. The van der Waals surface area contributed by atoms with Crippen molar-refractivity contribution in [2.75, 3.05) is 6.61 Å². The summed E-state index contributed by atoms with van der Waals surface area (Å²) in [4.78, 5) is 4.92. The summed E-state index contributed by atoms with van der Waals surface area (Å²) in [5.74, 6) is 0.699. The van der Waals surface area contributed by atoms with E-state index in [1.807, 2.05) is 37.3 Å². The summed E-state index contributed by atoms with van der Waals surface area (Å²) in [5.41, 5.74) is 3.49. The van der Waals surface area contributed by atoms with Crippen LogP contribution in [0, 0.1) is 5.82 Å². The van der Waals surface area contributed by atoms with Gasteiger partial charge in [0, 0.05) is 28.2 Å². The molecule has 4 nitrogen and oxygen atoms in total. The van der Waals surface area contributed by atoms with E-state index in [1.165, 1.54) is 6.07 Å². The maximum Gasteiger partial charge on any atom is 0.137 e. The second-order valence-electron chi connectivity index (χ2n) is 7.24. The molecule has 3 aromatic carbocycles. The van der Waals surface area contributed by atoms with E-state index in [1.54, 1.807) is 24.3 Å². The van der Waals surface area contributed by atoms with Crippen LogP contribution in [0.25, 0.3) is 0 Å². The zero-order valence-electron chi connectivity index (χ0n) is 16.8. The molecule has 31 heavy (non-hydrogen) atoms. The van der Waals surface area contributed by atoms with Crippen LogP contribution < -0.4 is 10.1 Å². The first-order chi connectivity index (χ1) is 14.9. The number of aromatic hydroxyl groups is 1. The molecule has 0 aliphatic carbocycles. The van der Waals surface area contributed by atoms with Crippen LogP contribution in [0.4, 0.5) is 4.39 Å². The molecule has 0 saturated heterocycles. The van der Waals surface area contributed by atoms with Gasteiger partial charge in [0.15, 0.2) is 0 Å². The summed E-state index contributed by atoms with van der Waals surface area (Å²) in [5, 5.41) is 14.0. The third-order valence-corrected chi connectivity index (χ3v) is 6.27. The monoisotopic (exact) mass is 546 g/mol. The van der Waals surface area contributed by atoms with Crippen molar-refractivity contribution < 1.29 is 14.2 Å². The molecule has 1 aliphatic heterocycles. The van der Waals surface area contributed by atoms with E-state index in [2.05, 4.69) is 37.2 Å². The van der Waals surface area contributed by atoms with Gasteiger partial charge in [-0.2, -0.15) is 0 Å². The Morgan fingerprint density at radius 3 is 2.58 bits per heavy atom. The standard InChI is InChI=1S/C24H21Br2FN2O2/c1-2-31-17-7-3-14(4-8-17)21-13-22(18-12-16(25)6-10-23(18)30)29-24(28-21)15-5-9-20(27)19(26)11-15/h3-12,22,24,29-30H,2,13H2,1H3/t22-,24-/m1/s1. The predicted octanol–water partition coefficient (Wildman–Crippen LogP) is 6.68. The molecule has 1 heterocycles. The Bertz CT molecular complexity index is 1120. The second-order valence-corrected chi connectivity index (χ2v) is 9.01. The van der Waals surface area contributed by atoms with Crippen molar-refractivity contribution in [2.24, 2.45) is 4.99 Å². The van der Waals surface area contributed by atoms with Gasteiger partial charge in [-0.05, 0) is 88.6 Å². The number of rotatable bonds is 5. The molecule has 0 unspecified atom stereocenters. The van der Waals surface area contributed by atoms with Crippen LogP contribution in [0.1, 0.15) is 42.2 Å². The average molecular weight is 548 g/mol. The SMILES string of the molecule is CCOc1ccc(C2=N[C@@H](c3ccc(F)c(Br)c3)N[C@@H](c3cc(Br)ccc3O)C2)cc1. The molecule has 0 fully saturated rings. The van der Waals surface area contributed by atoms with Gasteiger partial charge in [-0.25, -0.2) is 4.39 Å². The largest absolute Gasteiger partial charge is 0.508 e. The van der Waals surface area contributed by atoms with Crippen LogP contribution in [0.2, 0.25) is 0 Å². The van der Waals surface area contributed by atoms with Gasteiger partial charge in [0.05, 0.1) is 11.1 Å². The van der Waals surface area contributed by atoms with Crippen molar-refractivity contribution in [3.8, 4) is 11.5 Å². The molecule has 2 atom stereocenters. The molecule has 0 amide bonds. The summed E-state index contributed by atoms with van der Waals surface area (Å²) in [6.45, 7) is 2.56. The highest BCUT2D eigenvalue weighted by molar-refractivity contribution is 9.10. The minimum atomic E-state index is -0.393.